The highest BCUT2D eigenvalue weighted by molar-refractivity contribution is 5.04. The van der Waals surface area contributed by atoms with Crippen molar-refractivity contribution in [1.29, 1.82) is 0 Å². The SMILES string of the molecule is N[C@H]1CCCCn2c1nnc2C(F)(F)F. The summed E-state index contributed by atoms with van der Waals surface area (Å²) in [4.78, 5) is 0. The van der Waals surface area contributed by atoms with E-state index in [1.54, 1.807) is 0 Å². The van der Waals surface area contributed by atoms with Crippen molar-refractivity contribution in [2.75, 3.05) is 0 Å². The Morgan fingerprint density at radius 1 is 1.27 bits per heavy atom. The minimum atomic E-state index is -4.45. The second-order valence-corrected chi connectivity index (χ2v) is 3.63. The highest BCUT2D eigenvalue weighted by Crippen LogP contribution is 2.31. The fraction of sp³-hybridized carbons (Fsp3) is 0.750. The van der Waals surface area contributed by atoms with E-state index in [0.717, 1.165) is 11.0 Å². The molecule has 1 aliphatic rings. The normalized spacial score (nSPS) is 22.3. The summed E-state index contributed by atoms with van der Waals surface area (Å²) in [5.74, 6) is -0.685. The maximum Gasteiger partial charge on any atom is 0.451 e. The summed E-state index contributed by atoms with van der Waals surface area (Å²) in [6.45, 7) is 0.297. The van der Waals surface area contributed by atoms with Crippen LogP contribution in [0.25, 0.3) is 0 Å². The van der Waals surface area contributed by atoms with Gasteiger partial charge in [0.15, 0.2) is 0 Å². The van der Waals surface area contributed by atoms with Crippen molar-refractivity contribution in [2.24, 2.45) is 5.73 Å². The predicted octanol–water partition coefficient (Wildman–Crippen LogP) is 1.48. The van der Waals surface area contributed by atoms with Gasteiger partial charge in [-0.2, -0.15) is 13.2 Å². The van der Waals surface area contributed by atoms with Gasteiger partial charge in [0.25, 0.3) is 0 Å². The van der Waals surface area contributed by atoms with Crippen LogP contribution in [0.2, 0.25) is 0 Å². The molecule has 4 nitrogen and oxygen atoms in total. The molecule has 1 atom stereocenters. The van der Waals surface area contributed by atoms with E-state index in [-0.39, 0.29) is 5.82 Å². The van der Waals surface area contributed by atoms with Gasteiger partial charge in [0.1, 0.15) is 5.82 Å². The van der Waals surface area contributed by atoms with Gasteiger partial charge >= 0.3 is 6.18 Å². The van der Waals surface area contributed by atoms with Crippen molar-refractivity contribution in [3.05, 3.63) is 11.6 Å². The van der Waals surface area contributed by atoms with Crippen LogP contribution in [0.5, 0.6) is 0 Å². The van der Waals surface area contributed by atoms with E-state index in [9.17, 15) is 13.2 Å². The molecule has 0 amide bonds. The summed E-state index contributed by atoms with van der Waals surface area (Å²) < 4.78 is 38.6. The van der Waals surface area contributed by atoms with Gasteiger partial charge in [0, 0.05) is 6.54 Å². The molecule has 2 N–H and O–H groups in total. The van der Waals surface area contributed by atoms with E-state index < -0.39 is 18.0 Å². The zero-order chi connectivity index (χ0) is 11.1. The third-order valence-electron chi connectivity index (χ3n) is 2.51. The van der Waals surface area contributed by atoms with Crippen LogP contribution >= 0.6 is 0 Å². The second kappa shape index (κ2) is 3.48. The lowest BCUT2D eigenvalue weighted by Gasteiger charge is -2.10. The van der Waals surface area contributed by atoms with Crippen LogP contribution in [0.3, 0.4) is 0 Å². The van der Waals surface area contributed by atoms with Crippen LogP contribution < -0.4 is 5.73 Å². The fourth-order valence-corrected chi connectivity index (χ4v) is 1.78. The molecular weight excluding hydrogens is 209 g/mol. The first-order valence-electron chi connectivity index (χ1n) is 4.76. The van der Waals surface area contributed by atoms with Gasteiger partial charge in [0.05, 0.1) is 6.04 Å². The van der Waals surface area contributed by atoms with Gasteiger partial charge in [-0.25, -0.2) is 0 Å². The quantitative estimate of drug-likeness (QED) is 0.720. The number of aromatic nitrogens is 3. The number of hydrogen-bond acceptors (Lipinski definition) is 3. The lowest BCUT2D eigenvalue weighted by atomic mass is 10.1. The third kappa shape index (κ3) is 1.83. The molecule has 0 aliphatic carbocycles. The Kier molecular flexibility index (Phi) is 2.41. The molecule has 1 aromatic heterocycles. The van der Waals surface area contributed by atoms with E-state index in [2.05, 4.69) is 10.2 Å². The van der Waals surface area contributed by atoms with Gasteiger partial charge in [-0.15, -0.1) is 10.2 Å². The smallest absolute Gasteiger partial charge is 0.321 e. The fourth-order valence-electron chi connectivity index (χ4n) is 1.78. The van der Waals surface area contributed by atoms with Crippen LogP contribution in [0.15, 0.2) is 0 Å². The first-order chi connectivity index (χ1) is 7.00. The first kappa shape index (κ1) is 10.4. The van der Waals surface area contributed by atoms with Crippen LogP contribution in [-0.2, 0) is 12.7 Å². The average molecular weight is 220 g/mol. The number of nitrogens with zero attached hydrogens (tertiary/aromatic N) is 3. The molecule has 0 fully saturated rings. The van der Waals surface area contributed by atoms with Crippen LogP contribution in [0.1, 0.15) is 37.0 Å². The van der Waals surface area contributed by atoms with Crippen molar-refractivity contribution in [1.82, 2.24) is 14.8 Å². The van der Waals surface area contributed by atoms with Gasteiger partial charge in [0.2, 0.25) is 5.82 Å². The monoisotopic (exact) mass is 220 g/mol. The number of alkyl halides is 3. The highest BCUT2D eigenvalue weighted by atomic mass is 19.4. The largest absolute Gasteiger partial charge is 0.451 e. The summed E-state index contributed by atoms with van der Waals surface area (Å²) in [7, 11) is 0. The average Bonchev–Trinajstić information content (AvgIpc) is 2.48. The third-order valence-corrected chi connectivity index (χ3v) is 2.51. The van der Waals surface area contributed by atoms with Crippen molar-refractivity contribution in [3.8, 4) is 0 Å². The lowest BCUT2D eigenvalue weighted by Crippen LogP contribution is -2.18. The molecule has 2 heterocycles. The molecule has 0 bridgehead atoms. The first-order valence-corrected chi connectivity index (χ1v) is 4.76. The number of fused-ring (bicyclic) bond motifs is 1. The standard InChI is InChI=1S/C8H11F3N4/c9-8(10,11)7-14-13-6-5(12)3-1-2-4-15(6)7/h5H,1-4,12H2/t5-/m0/s1. The van der Waals surface area contributed by atoms with E-state index in [4.69, 9.17) is 5.73 Å². The lowest BCUT2D eigenvalue weighted by molar-refractivity contribution is -0.147. The maximum atomic E-state index is 12.5. The Morgan fingerprint density at radius 2 is 2.00 bits per heavy atom. The van der Waals surface area contributed by atoms with Crippen LogP contribution in [0.4, 0.5) is 13.2 Å². The summed E-state index contributed by atoms with van der Waals surface area (Å²) in [5, 5.41) is 6.70. The molecule has 84 valence electrons. The molecule has 0 radical (unpaired) electrons. The van der Waals surface area contributed by atoms with E-state index >= 15 is 0 Å². The molecule has 2 rings (SSSR count). The van der Waals surface area contributed by atoms with Gasteiger partial charge < -0.3 is 10.3 Å². The topological polar surface area (TPSA) is 56.7 Å². The van der Waals surface area contributed by atoms with Crippen LogP contribution in [0, 0.1) is 0 Å². The second-order valence-electron chi connectivity index (χ2n) is 3.63. The molecule has 0 saturated carbocycles. The van der Waals surface area contributed by atoms with Gasteiger partial charge in [-0.05, 0) is 19.3 Å². The molecule has 7 heteroatoms. The molecule has 1 aliphatic heterocycles. The number of rotatable bonds is 0. The Balaban J connectivity index is 2.44. The molecule has 0 saturated heterocycles. The summed E-state index contributed by atoms with van der Waals surface area (Å²) >= 11 is 0. The minimum absolute atomic E-state index is 0.250. The van der Waals surface area contributed by atoms with Gasteiger partial charge in [-0.1, -0.05) is 0 Å². The summed E-state index contributed by atoms with van der Waals surface area (Å²) in [6, 6.07) is -0.434. The van der Waals surface area contributed by atoms with Crippen molar-refractivity contribution in [2.45, 2.75) is 38.0 Å². The molecule has 0 spiro atoms. The van der Waals surface area contributed by atoms with Crippen molar-refractivity contribution in [3.63, 3.8) is 0 Å². The minimum Gasteiger partial charge on any atom is -0.321 e. The van der Waals surface area contributed by atoms with Crippen LogP contribution in [-0.4, -0.2) is 14.8 Å². The summed E-state index contributed by atoms with van der Waals surface area (Å²) in [6.07, 6.45) is -2.28. The summed E-state index contributed by atoms with van der Waals surface area (Å²) in [5.41, 5.74) is 5.71. The Hall–Kier alpha value is -1.11. The molecule has 15 heavy (non-hydrogen) atoms. The van der Waals surface area contributed by atoms with E-state index in [1.807, 2.05) is 0 Å². The zero-order valence-electron chi connectivity index (χ0n) is 7.96. The molecule has 0 aromatic carbocycles. The van der Waals surface area contributed by atoms with E-state index in [0.29, 0.717) is 19.4 Å². The Bertz CT molecular complexity index is 357. The van der Waals surface area contributed by atoms with Crippen molar-refractivity contribution < 1.29 is 13.2 Å². The molecule has 1 aromatic rings. The Morgan fingerprint density at radius 3 is 2.67 bits per heavy atom. The van der Waals surface area contributed by atoms with Crippen molar-refractivity contribution >= 4 is 0 Å². The molecular formula is C8H11F3N4. The molecule has 0 unspecified atom stereocenters. The number of hydrogen-bond donors (Lipinski definition) is 1. The zero-order valence-corrected chi connectivity index (χ0v) is 7.96. The maximum absolute atomic E-state index is 12.5. The highest BCUT2D eigenvalue weighted by Gasteiger charge is 2.39. The number of halogens is 3. The van der Waals surface area contributed by atoms with Gasteiger partial charge in [-0.3, -0.25) is 0 Å². The Labute approximate surface area is 84.3 Å². The number of nitrogens with two attached hydrogens (primary N) is 1. The predicted molar refractivity (Wildman–Crippen MR) is 45.8 cm³/mol. The van der Waals surface area contributed by atoms with E-state index in [1.165, 1.54) is 0 Å².